The Morgan fingerprint density at radius 1 is 1.24 bits per heavy atom. The fourth-order valence-electron chi connectivity index (χ4n) is 3.62. The number of aromatic nitrogens is 3. The Morgan fingerprint density at radius 3 is 2.69 bits per heavy atom. The standard InChI is InChI=1S/C23H31N5O/c1-5-28(6-2)14-9-10-17(3)25-23(29)19-16-21(22-24-13-15-27(22)4)26-20-12-8-7-11-18(19)20/h7-8,11-13,15-17H,5-6,9-10,14H2,1-4H3,(H,25,29). The van der Waals surface area contributed by atoms with Crippen LogP contribution in [0.15, 0.2) is 42.7 Å². The van der Waals surface area contributed by atoms with Crippen LogP contribution >= 0.6 is 0 Å². The third-order valence-electron chi connectivity index (χ3n) is 5.39. The number of imidazole rings is 1. The molecule has 3 rings (SSSR count). The molecular weight excluding hydrogens is 362 g/mol. The molecule has 0 saturated carbocycles. The summed E-state index contributed by atoms with van der Waals surface area (Å²) in [5.74, 6) is 0.687. The Hall–Kier alpha value is -2.73. The van der Waals surface area contributed by atoms with Crippen molar-refractivity contribution in [1.82, 2.24) is 24.8 Å². The minimum atomic E-state index is -0.0607. The molecule has 0 bridgehead atoms. The molecule has 6 nitrogen and oxygen atoms in total. The molecule has 154 valence electrons. The maximum atomic E-state index is 13.1. The van der Waals surface area contributed by atoms with E-state index in [4.69, 9.17) is 4.98 Å². The van der Waals surface area contributed by atoms with E-state index in [-0.39, 0.29) is 11.9 Å². The Bertz CT molecular complexity index is 961. The molecule has 3 aromatic rings. The Kier molecular flexibility index (Phi) is 6.99. The van der Waals surface area contributed by atoms with Gasteiger partial charge in [0.15, 0.2) is 5.82 Å². The van der Waals surface area contributed by atoms with Gasteiger partial charge >= 0.3 is 0 Å². The largest absolute Gasteiger partial charge is 0.350 e. The first-order valence-electron chi connectivity index (χ1n) is 10.4. The van der Waals surface area contributed by atoms with Crippen LogP contribution in [0.25, 0.3) is 22.4 Å². The van der Waals surface area contributed by atoms with Crippen LogP contribution in [0, 0.1) is 0 Å². The monoisotopic (exact) mass is 393 g/mol. The van der Waals surface area contributed by atoms with E-state index in [0.29, 0.717) is 11.3 Å². The average molecular weight is 394 g/mol. The van der Waals surface area contributed by atoms with E-state index < -0.39 is 0 Å². The summed E-state index contributed by atoms with van der Waals surface area (Å²) < 4.78 is 1.91. The van der Waals surface area contributed by atoms with Gasteiger partial charge in [0.05, 0.1) is 11.1 Å². The number of hydrogen-bond donors (Lipinski definition) is 1. The van der Waals surface area contributed by atoms with Crippen molar-refractivity contribution in [1.29, 1.82) is 0 Å². The van der Waals surface area contributed by atoms with E-state index in [2.05, 4.69) is 36.0 Å². The van der Waals surface area contributed by atoms with Crippen LogP contribution in [-0.2, 0) is 7.05 Å². The number of pyridine rings is 1. The summed E-state index contributed by atoms with van der Waals surface area (Å²) in [7, 11) is 1.93. The van der Waals surface area contributed by atoms with Crippen molar-refractivity contribution < 1.29 is 4.79 Å². The Balaban J connectivity index is 1.79. The Morgan fingerprint density at radius 2 is 2.00 bits per heavy atom. The molecule has 6 heteroatoms. The number of nitrogens with zero attached hydrogens (tertiary/aromatic N) is 4. The highest BCUT2D eigenvalue weighted by molar-refractivity contribution is 6.07. The summed E-state index contributed by atoms with van der Waals surface area (Å²) in [6.07, 6.45) is 5.64. The quantitative estimate of drug-likeness (QED) is 0.599. The van der Waals surface area contributed by atoms with Gasteiger partial charge in [0.2, 0.25) is 0 Å². The summed E-state index contributed by atoms with van der Waals surface area (Å²) >= 11 is 0. The van der Waals surface area contributed by atoms with Gasteiger partial charge in [-0.05, 0) is 51.5 Å². The predicted octanol–water partition coefficient (Wildman–Crippen LogP) is 3.88. The van der Waals surface area contributed by atoms with Crippen LogP contribution in [0.3, 0.4) is 0 Å². The number of nitrogens with one attached hydrogen (secondary N) is 1. The average Bonchev–Trinajstić information content (AvgIpc) is 3.16. The molecule has 2 aromatic heterocycles. The number of benzene rings is 1. The number of carbonyl (C=O) groups excluding carboxylic acids is 1. The van der Waals surface area contributed by atoms with Gasteiger partial charge in [0.1, 0.15) is 5.69 Å². The third-order valence-corrected chi connectivity index (χ3v) is 5.39. The number of para-hydroxylation sites is 1. The maximum absolute atomic E-state index is 13.1. The molecule has 0 aliphatic rings. The van der Waals surface area contributed by atoms with E-state index in [1.54, 1.807) is 6.20 Å². The number of aryl methyl sites for hydroxylation is 1. The SMILES string of the molecule is CCN(CC)CCCC(C)NC(=O)c1cc(-c2nccn2C)nc2ccccc12. The highest BCUT2D eigenvalue weighted by Crippen LogP contribution is 2.24. The van der Waals surface area contributed by atoms with Crippen molar-refractivity contribution in [2.75, 3.05) is 19.6 Å². The first-order valence-corrected chi connectivity index (χ1v) is 10.4. The molecule has 1 N–H and O–H groups in total. The molecule has 1 aromatic carbocycles. The minimum absolute atomic E-state index is 0.0607. The van der Waals surface area contributed by atoms with E-state index in [9.17, 15) is 4.79 Å². The highest BCUT2D eigenvalue weighted by Gasteiger charge is 2.17. The molecule has 0 fully saturated rings. The first kappa shape index (κ1) is 21.0. The molecule has 1 unspecified atom stereocenters. The first-order chi connectivity index (χ1) is 14.0. The van der Waals surface area contributed by atoms with Gasteiger partial charge in [0.25, 0.3) is 5.91 Å². The normalized spacial score (nSPS) is 12.4. The molecule has 2 heterocycles. The highest BCUT2D eigenvalue weighted by atomic mass is 16.1. The predicted molar refractivity (Wildman–Crippen MR) is 118 cm³/mol. The number of hydrogen-bond acceptors (Lipinski definition) is 4. The van der Waals surface area contributed by atoms with Gasteiger partial charge in [-0.1, -0.05) is 32.0 Å². The third kappa shape index (κ3) is 5.01. The summed E-state index contributed by atoms with van der Waals surface area (Å²) in [6.45, 7) is 9.63. The minimum Gasteiger partial charge on any atom is -0.350 e. The fourth-order valence-corrected chi connectivity index (χ4v) is 3.62. The number of carbonyl (C=O) groups is 1. The molecule has 0 radical (unpaired) electrons. The second-order valence-corrected chi connectivity index (χ2v) is 7.48. The summed E-state index contributed by atoms with van der Waals surface area (Å²) in [5.41, 5.74) is 2.15. The number of amides is 1. The van der Waals surface area contributed by atoms with Gasteiger partial charge in [-0.25, -0.2) is 9.97 Å². The summed E-state index contributed by atoms with van der Waals surface area (Å²) in [4.78, 5) is 24.6. The smallest absolute Gasteiger partial charge is 0.252 e. The van der Waals surface area contributed by atoms with Crippen molar-refractivity contribution in [2.24, 2.45) is 7.05 Å². The fraction of sp³-hybridized carbons (Fsp3) is 0.435. The van der Waals surface area contributed by atoms with Gasteiger partial charge in [-0.15, -0.1) is 0 Å². The van der Waals surface area contributed by atoms with Gasteiger partial charge in [-0.3, -0.25) is 4.79 Å². The van der Waals surface area contributed by atoms with Crippen molar-refractivity contribution >= 4 is 16.8 Å². The van der Waals surface area contributed by atoms with Gasteiger partial charge in [-0.2, -0.15) is 0 Å². The van der Waals surface area contributed by atoms with Crippen molar-refractivity contribution in [3.63, 3.8) is 0 Å². The van der Waals surface area contributed by atoms with Crippen LogP contribution in [0.1, 0.15) is 44.0 Å². The lowest BCUT2D eigenvalue weighted by Crippen LogP contribution is -2.34. The van der Waals surface area contributed by atoms with Crippen molar-refractivity contribution in [3.8, 4) is 11.5 Å². The summed E-state index contributed by atoms with van der Waals surface area (Å²) in [5, 5.41) is 4.03. The van der Waals surface area contributed by atoms with Crippen LogP contribution in [0.5, 0.6) is 0 Å². The molecule has 0 aliphatic carbocycles. The van der Waals surface area contributed by atoms with Gasteiger partial charge < -0.3 is 14.8 Å². The van der Waals surface area contributed by atoms with Crippen LogP contribution in [-0.4, -0.2) is 51.0 Å². The number of rotatable bonds is 9. The second kappa shape index (κ2) is 9.65. The second-order valence-electron chi connectivity index (χ2n) is 7.48. The van der Waals surface area contributed by atoms with Crippen LogP contribution in [0.4, 0.5) is 0 Å². The molecule has 1 amide bonds. The topological polar surface area (TPSA) is 63.1 Å². The Labute approximate surface area is 173 Å². The van der Waals surface area contributed by atoms with Gasteiger partial charge in [0, 0.05) is 30.9 Å². The molecule has 0 saturated heterocycles. The lowest BCUT2D eigenvalue weighted by Gasteiger charge is -2.20. The molecule has 0 spiro atoms. The zero-order chi connectivity index (χ0) is 20.8. The zero-order valence-electron chi connectivity index (χ0n) is 17.9. The molecule has 1 atom stereocenters. The van der Waals surface area contributed by atoms with Crippen LogP contribution in [0.2, 0.25) is 0 Å². The lowest BCUT2D eigenvalue weighted by atomic mass is 10.1. The van der Waals surface area contributed by atoms with Crippen molar-refractivity contribution in [2.45, 2.75) is 39.7 Å². The number of fused-ring (bicyclic) bond motifs is 1. The van der Waals surface area contributed by atoms with E-state index in [1.807, 2.05) is 48.1 Å². The molecule has 29 heavy (non-hydrogen) atoms. The molecular formula is C23H31N5O. The lowest BCUT2D eigenvalue weighted by molar-refractivity contribution is 0.0939. The van der Waals surface area contributed by atoms with E-state index in [1.165, 1.54) is 0 Å². The maximum Gasteiger partial charge on any atom is 0.252 e. The summed E-state index contributed by atoms with van der Waals surface area (Å²) in [6, 6.07) is 9.73. The molecule has 0 aliphatic heterocycles. The zero-order valence-corrected chi connectivity index (χ0v) is 17.9. The van der Waals surface area contributed by atoms with Crippen LogP contribution < -0.4 is 5.32 Å². The van der Waals surface area contributed by atoms with E-state index in [0.717, 1.165) is 49.2 Å². The van der Waals surface area contributed by atoms with Crippen molar-refractivity contribution in [3.05, 3.63) is 48.3 Å². The van der Waals surface area contributed by atoms with E-state index >= 15 is 0 Å².